The van der Waals surface area contributed by atoms with Gasteiger partial charge in [-0.25, -0.2) is 0 Å². The molecule has 0 aromatic carbocycles. The fourth-order valence-electron chi connectivity index (χ4n) is 2.58. The van der Waals surface area contributed by atoms with Crippen molar-refractivity contribution in [3.63, 3.8) is 0 Å². The lowest BCUT2D eigenvalue weighted by Crippen LogP contribution is -2.37. The van der Waals surface area contributed by atoms with Crippen LogP contribution in [0.1, 0.15) is 31.2 Å². The average Bonchev–Trinajstić information content (AvgIpc) is 2.45. The van der Waals surface area contributed by atoms with Crippen molar-refractivity contribution in [3.8, 4) is 5.75 Å². The zero-order chi connectivity index (χ0) is 14.5. The monoisotopic (exact) mass is 280 g/mol. The van der Waals surface area contributed by atoms with E-state index in [4.69, 9.17) is 4.74 Å². The van der Waals surface area contributed by atoms with Crippen molar-refractivity contribution in [2.24, 2.45) is 0 Å². The maximum Gasteiger partial charge on any atom is 0.223 e. The van der Waals surface area contributed by atoms with Crippen molar-refractivity contribution in [1.82, 2.24) is 9.47 Å². The number of aromatic nitrogens is 1. The minimum Gasteiger partial charge on any atom is -0.503 e. The summed E-state index contributed by atoms with van der Waals surface area (Å²) in [6, 6.07) is 1.52. The number of nitrogens with zero attached hydrogens (tertiary/aromatic N) is 2. The highest BCUT2D eigenvalue weighted by molar-refractivity contribution is 5.29. The van der Waals surface area contributed by atoms with E-state index in [1.54, 1.807) is 0 Å². The first-order valence-electron chi connectivity index (χ1n) is 7.36. The summed E-state index contributed by atoms with van der Waals surface area (Å²) in [5.74, 6) is -0.0989. The minimum atomic E-state index is -0.279. The number of morpholine rings is 1. The molecule has 0 spiro atoms. The average molecular weight is 280 g/mol. The predicted octanol–water partition coefficient (Wildman–Crippen LogP) is 1.49. The first-order chi connectivity index (χ1) is 9.63. The molecule has 0 aliphatic carbocycles. The number of aryl methyl sites for hydroxylation is 1. The minimum absolute atomic E-state index is 0.0989. The van der Waals surface area contributed by atoms with E-state index in [-0.39, 0.29) is 11.2 Å². The lowest BCUT2D eigenvalue weighted by atomic mass is 10.2. The smallest absolute Gasteiger partial charge is 0.223 e. The van der Waals surface area contributed by atoms with Gasteiger partial charge in [-0.3, -0.25) is 9.69 Å². The van der Waals surface area contributed by atoms with E-state index in [0.717, 1.165) is 43.9 Å². The molecule has 0 radical (unpaired) electrons. The molecule has 0 bridgehead atoms. The van der Waals surface area contributed by atoms with Crippen LogP contribution in [-0.2, 0) is 17.8 Å². The standard InChI is InChI=1S/C15H24N2O3/c1-3-4-5-17-12(2)10-14(18)15(19)13(17)11-16-6-8-20-9-7-16/h10,19H,3-9,11H2,1-2H3. The molecule has 1 aromatic heterocycles. The third-order valence-corrected chi connectivity index (χ3v) is 3.81. The zero-order valence-corrected chi connectivity index (χ0v) is 12.4. The summed E-state index contributed by atoms with van der Waals surface area (Å²) in [6.45, 7) is 8.63. The van der Waals surface area contributed by atoms with Gasteiger partial charge < -0.3 is 14.4 Å². The number of aromatic hydroxyl groups is 1. The van der Waals surface area contributed by atoms with Gasteiger partial charge in [0.2, 0.25) is 5.43 Å². The van der Waals surface area contributed by atoms with Crippen molar-refractivity contribution in [2.45, 2.75) is 39.8 Å². The van der Waals surface area contributed by atoms with Crippen molar-refractivity contribution < 1.29 is 9.84 Å². The van der Waals surface area contributed by atoms with Crippen LogP contribution in [0.4, 0.5) is 0 Å². The van der Waals surface area contributed by atoms with Gasteiger partial charge in [-0.1, -0.05) is 13.3 Å². The number of pyridine rings is 1. The second kappa shape index (κ2) is 6.90. The molecular formula is C15H24N2O3. The van der Waals surface area contributed by atoms with Crippen LogP contribution in [0.2, 0.25) is 0 Å². The van der Waals surface area contributed by atoms with Crippen LogP contribution in [0.25, 0.3) is 0 Å². The molecule has 1 fully saturated rings. The van der Waals surface area contributed by atoms with E-state index >= 15 is 0 Å². The highest BCUT2D eigenvalue weighted by atomic mass is 16.5. The van der Waals surface area contributed by atoms with Crippen LogP contribution in [0.15, 0.2) is 10.9 Å². The van der Waals surface area contributed by atoms with Gasteiger partial charge in [0.15, 0.2) is 5.75 Å². The Morgan fingerprint density at radius 3 is 2.70 bits per heavy atom. The van der Waals surface area contributed by atoms with Crippen LogP contribution in [0, 0.1) is 6.92 Å². The van der Waals surface area contributed by atoms with Gasteiger partial charge in [-0.15, -0.1) is 0 Å². The fraction of sp³-hybridized carbons (Fsp3) is 0.667. The Balaban J connectivity index is 2.29. The molecule has 5 nitrogen and oxygen atoms in total. The molecule has 1 aromatic rings. The van der Waals surface area contributed by atoms with E-state index in [2.05, 4.69) is 16.4 Å². The fourth-order valence-corrected chi connectivity index (χ4v) is 2.58. The molecule has 2 heterocycles. The first-order valence-corrected chi connectivity index (χ1v) is 7.36. The third-order valence-electron chi connectivity index (χ3n) is 3.81. The summed E-state index contributed by atoms with van der Waals surface area (Å²) in [6.07, 6.45) is 2.13. The summed E-state index contributed by atoms with van der Waals surface area (Å²) in [5, 5.41) is 10.1. The summed E-state index contributed by atoms with van der Waals surface area (Å²) < 4.78 is 7.42. The molecule has 0 amide bonds. The number of rotatable bonds is 5. The Bertz CT molecular complexity index is 505. The predicted molar refractivity (Wildman–Crippen MR) is 78.1 cm³/mol. The van der Waals surface area contributed by atoms with Crippen LogP contribution in [0.5, 0.6) is 5.75 Å². The van der Waals surface area contributed by atoms with Gasteiger partial charge in [0.1, 0.15) is 0 Å². The van der Waals surface area contributed by atoms with E-state index in [9.17, 15) is 9.90 Å². The van der Waals surface area contributed by atoms with E-state index < -0.39 is 0 Å². The van der Waals surface area contributed by atoms with Crippen LogP contribution >= 0.6 is 0 Å². The molecule has 0 unspecified atom stereocenters. The molecular weight excluding hydrogens is 256 g/mol. The number of unbranched alkanes of at least 4 members (excludes halogenated alkanes) is 1. The van der Waals surface area contributed by atoms with Gasteiger partial charge in [-0.2, -0.15) is 0 Å². The summed E-state index contributed by atoms with van der Waals surface area (Å²) >= 11 is 0. The summed E-state index contributed by atoms with van der Waals surface area (Å²) in [4.78, 5) is 14.0. The molecule has 5 heteroatoms. The van der Waals surface area contributed by atoms with Crippen molar-refractivity contribution in [3.05, 3.63) is 27.7 Å². The first kappa shape index (κ1) is 15.1. The van der Waals surface area contributed by atoms with Gasteiger partial charge in [0.25, 0.3) is 0 Å². The number of hydrogen-bond donors (Lipinski definition) is 1. The Kier molecular flexibility index (Phi) is 5.20. The van der Waals surface area contributed by atoms with E-state index in [1.807, 2.05) is 6.92 Å². The molecule has 0 saturated carbocycles. The molecule has 112 valence electrons. The molecule has 0 atom stereocenters. The van der Waals surface area contributed by atoms with Gasteiger partial charge in [-0.05, 0) is 13.3 Å². The normalized spacial score (nSPS) is 16.5. The van der Waals surface area contributed by atoms with E-state index in [0.29, 0.717) is 19.8 Å². The Morgan fingerprint density at radius 1 is 1.35 bits per heavy atom. The molecule has 1 N–H and O–H groups in total. The Labute approximate surface area is 119 Å². The third kappa shape index (κ3) is 3.41. The Hall–Kier alpha value is -1.33. The Morgan fingerprint density at radius 2 is 2.05 bits per heavy atom. The van der Waals surface area contributed by atoms with Crippen molar-refractivity contribution in [2.75, 3.05) is 26.3 Å². The number of hydrogen-bond acceptors (Lipinski definition) is 4. The second-order valence-electron chi connectivity index (χ2n) is 5.34. The van der Waals surface area contributed by atoms with Gasteiger partial charge >= 0.3 is 0 Å². The highest BCUT2D eigenvalue weighted by Crippen LogP contribution is 2.18. The largest absolute Gasteiger partial charge is 0.503 e. The molecule has 20 heavy (non-hydrogen) atoms. The van der Waals surface area contributed by atoms with Crippen LogP contribution in [-0.4, -0.2) is 40.9 Å². The summed E-state index contributed by atoms with van der Waals surface area (Å²) in [5.41, 5.74) is 1.38. The molecule has 2 rings (SSSR count). The maximum atomic E-state index is 11.8. The molecule has 1 aliphatic heterocycles. The van der Waals surface area contributed by atoms with Gasteiger partial charge in [0.05, 0.1) is 18.9 Å². The van der Waals surface area contributed by atoms with Crippen LogP contribution < -0.4 is 5.43 Å². The number of ether oxygens (including phenoxy) is 1. The molecule has 1 saturated heterocycles. The lowest BCUT2D eigenvalue weighted by molar-refractivity contribution is 0.0326. The quantitative estimate of drug-likeness (QED) is 0.888. The molecule has 1 aliphatic rings. The summed E-state index contributed by atoms with van der Waals surface area (Å²) in [7, 11) is 0. The van der Waals surface area contributed by atoms with Crippen molar-refractivity contribution in [1.29, 1.82) is 0 Å². The SMILES string of the molecule is CCCCn1c(C)cc(=O)c(O)c1CN1CCOCC1. The van der Waals surface area contributed by atoms with E-state index in [1.165, 1.54) is 6.07 Å². The van der Waals surface area contributed by atoms with Gasteiger partial charge in [0, 0.05) is 37.9 Å². The lowest BCUT2D eigenvalue weighted by Gasteiger charge is -2.28. The second-order valence-corrected chi connectivity index (χ2v) is 5.34. The zero-order valence-electron chi connectivity index (χ0n) is 12.4. The van der Waals surface area contributed by atoms with Crippen LogP contribution in [0.3, 0.4) is 0 Å². The highest BCUT2D eigenvalue weighted by Gasteiger charge is 2.18. The topological polar surface area (TPSA) is 54.7 Å². The maximum absolute atomic E-state index is 11.8. The van der Waals surface area contributed by atoms with Crippen molar-refractivity contribution >= 4 is 0 Å².